The molecule has 0 saturated heterocycles. The van der Waals surface area contributed by atoms with Crippen LogP contribution in [-0.2, 0) is 17.6 Å². The molecule has 0 saturated carbocycles. The topological polar surface area (TPSA) is 38.7 Å². The van der Waals surface area contributed by atoms with E-state index in [2.05, 4.69) is 50.2 Å². The van der Waals surface area contributed by atoms with E-state index in [1.807, 2.05) is 0 Å². The Morgan fingerprint density at radius 3 is 2.35 bits per heavy atom. The van der Waals surface area contributed by atoms with Crippen LogP contribution in [-0.4, -0.2) is 25.6 Å². The van der Waals surface area contributed by atoms with E-state index in [-0.39, 0.29) is 13.4 Å². The van der Waals surface area contributed by atoms with Crippen LogP contribution in [0, 0.1) is 13.8 Å². The molecule has 2 rings (SSSR count). The summed E-state index contributed by atoms with van der Waals surface area (Å²) in [6.45, 7) is 4.70. The van der Waals surface area contributed by atoms with Gasteiger partial charge in [-0.3, -0.25) is 0 Å². The van der Waals surface area contributed by atoms with E-state index in [0.717, 1.165) is 25.0 Å². The summed E-state index contributed by atoms with van der Waals surface area (Å²) in [6.07, 6.45) is 2.57. The Bertz CT molecular complexity index is 618. The van der Waals surface area contributed by atoms with E-state index in [1.54, 1.807) is 7.11 Å². The average Bonchev–Trinajstić information content (AvgIpc) is 2.55. The monoisotopic (exact) mass is 314 g/mol. The van der Waals surface area contributed by atoms with Crippen molar-refractivity contribution in [2.24, 2.45) is 0 Å². The third-order valence-electron chi connectivity index (χ3n) is 3.94. The fourth-order valence-corrected chi connectivity index (χ4v) is 2.75. The minimum Gasteiger partial charge on any atom is -0.467 e. The summed E-state index contributed by atoms with van der Waals surface area (Å²) in [5, 5.41) is 8.91. The number of aliphatic hydroxyl groups is 1. The summed E-state index contributed by atoms with van der Waals surface area (Å²) in [5.41, 5.74) is 6.15. The van der Waals surface area contributed by atoms with Crippen molar-refractivity contribution in [1.82, 2.24) is 0 Å². The van der Waals surface area contributed by atoms with Gasteiger partial charge in [0.1, 0.15) is 5.75 Å². The maximum absolute atomic E-state index is 8.91. The Balaban J connectivity index is 2.18. The molecule has 3 nitrogen and oxygen atoms in total. The Morgan fingerprint density at radius 2 is 1.70 bits per heavy atom. The first kappa shape index (κ1) is 17.5. The smallest absolute Gasteiger partial charge is 0.188 e. The summed E-state index contributed by atoms with van der Waals surface area (Å²) >= 11 is 0. The SMILES string of the molecule is COCOc1cc(C)cc(C)c1Cc1ccc(CCCO)cc1. The molecular formula is C20H26O3. The molecule has 0 spiro atoms. The third kappa shape index (κ3) is 5.08. The molecule has 124 valence electrons. The number of aliphatic hydroxyl groups excluding tert-OH is 1. The van der Waals surface area contributed by atoms with E-state index in [4.69, 9.17) is 14.6 Å². The van der Waals surface area contributed by atoms with Gasteiger partial charge in [-0.1, -0.05) is 30.3 Å². The number of rotatable bonds is 8. The second-order valence-electron chi connectivity index (χ2n) is 5.93. The van der Waals surface area contributed by atoms with Crippen molar-refractivity contribution in [3.8, 4) is 5.75 Å². The summed E-state index contributed by atoms with van der Waals surface area (Å²) in [4.78, 5) is 0. The molecule has 0 aliphatic carbocycles. The summed E-state index contributed by atoms with van der Waals surface area (Å²) in [6, 6.07) is 12.9. The van der Waals surface area contributed by atoms with Gasteiger partial charge in [0, 0.05) is 25.7 Å². The lowest BCUT2D eigenvalue weighted by Gasteiger charge is -2.15. The van der Waals surface area contributed by atoms with Crippen LogP contribution in [0.25, 0.3) is 0 Å². The molecule has 0 fully saturated rings. The van der Waals surface area contributed by atoms with Gasteiger partial charge in [-0.2, -0.15) is 0 Å². The number of ether oxygens (including phenoxy) is 2. The molecule has 0 aliphatic heterocycles. The number of hydrogen-bond donors (Lipinski definition) is 1. The maximum atomic E-state index is 8.91. The highest BCUT2D eigenvalue weighted by Crippen LogP contribution is 2.27. The lowest BCUT2D eigenvalue weighted by molar-refractivity contribution is 0.0504. The Labute approximate surface area is 138 Å². The van der Waals surface area contributed by atoms with Gasteiger partial charge < -0.3 is 14.6 Å². The van der Waals surface area contributed by atoms with Gasteiger partial charge in [-0.15, -0.1) is 0 Å². The van der Waals surface area contributed by atoms with E-state index >= 15 is 0 Å². The number of benzene rings is 2. The van der Waals surface area contributed by atoms with Crippen LogP contribution in [0.15, 0.2) is 36.4 Å². The number of aryl methyl sites for hydroxylation is 3. The van der Waals surface area contributed by atoms with E-state index in [1.165, 1.54) is 27.8 Å². The van der Waals surface area contributed by atoms with Gasteiger partial charge in [0.2, 0.25) is 0 Å². The Morgan fingerprint density at radius 1 is 1.00 bits per heavy atom. The van der Waals surface area contributed by atoms with Crippen LogP contribution < -0.4 is 4.74 Å². The molecule has 0 amide bonds. The molecule has 1 N–H and O–H groups in total. The van der Waals surface area contributed by atoms with Crippen LogP contribution in [0.2, 0.25) is 0 Å². The molecule has 23 heavy (non-hydrogen) atoms. The quantitative estimate of drug-likeness (QED) is 0.753. The van der Waals surface area contributed by atoms with E-state index in [0.29, 0.717) is 0 Å². The lowest BCUT2D eigenvalue weighted by Crippen LogP contribution is -2.04. The average molecular weight is 314 g/mol. The number of hydrogen-bond acceptors (Lipinski definition) is 3. The molecular weight excluding hydrogens is 288 g/mol. The highest BCUT2D eigenvalue weighted by atomic mass is 16.7. The predicted octanol–water partition coefficient (Wildman–Crippen LogP) is 3.80. The minimum atomic E-state index is 0.241. The van der Waals surface area contributed by atoms with E-state index < -0.39 is 0 Å². The third-order valence-corrected chi connectivity index (χ3v) is 3.94. The summed E-state index contributed by atoms with van der Waals surface area (Å²) in [7, 11) is 1.63. The van der Waals surface area contributed by atoms with Crippen molar-refractivity contribution in [2.45, 2.75) is 33.1 Å². The van der Waals surface area contributed by atoms with Crippen molar-refractivity contribution in [2.75, 3.05) is 20.5 Å². The zero-order chi connectivity index (χ0) is 16.7. The van der Waals surface area contributed by atoms with Crippen LogP contribution in [0.3, 0.4) is 0 Å². The highest BCUT2D eigenvalue weighted by molar-refractivity contribution is 5.45. The fourth-order valence-electron chi connectivity index (χ4n) is 2.75. The van der Waals surface area contributed by atoms with Crippen LogP contribution >= 0.6 is 0 Å². The van der Waals surface area contributed by atoms with Gasteiger partial charge in [0.05, 0.1) is 0 Å². The predicted molar refractivity (Wildman–Crippen MR) is 93.1 cm³/mol. The van der Waals surface area contributed by atoms with Crippen molar-refractivity contribution in [1.29, 1.82) is 0 Å². The molecule has 0 bridgehead atoms. The zero-order valence-corrected chi connectivity index (χ0v) is 14.3. The maximum Gasteiger partial charge on any atom is 0.188 e. The van der Waals surface area contributed by atoms with Crippen molar-refractivity contribution < 1.29 is 14.6 Å². The first-order valence-corrected chi connectivity index (χ1v) is 8.04. The molecule has 2 aromatic carbocycles. The Kier molecular flexibility index (Phi) is 6.63. The minimum absolute atomic E-state index is 0.241. The van der Waals surface area contributed by atoms with Gasteiger partial charge in [-0.05, 0) is 55.0 Å². The first-order chi connectivity index (χ1) is 11.1. The molecule has 0 aromatic heterocycles. The van der Waals surface area contributed by atoms with Gasteiger partial charge in [0.15, 0.2) is 6.79 Å². The highest BCUT2D eigenvalue weighted by Gasteiger charge is 2.10. The van der Waals surface area contributed by atoms with Gasteiger partial charge in [0.25, 0.3) is 0 Å². The van der Waals surface area contributed by atoms with Crippen molar-refractivity contribution >= 4 is 0 Å². The van der Waals surface area contributed by atoms with Gasteiger partial charge >= 0.3 is 0 Å². The molecule has 0 heterocycles. The van der Waals surface area contributed by atoms with Crippen molar-refractivity contribution in [3.63, 3.8) is 0 Å². The van der Waals surface area contributed by atoms with Crippen LogP contribution in [0.4, 0.5) is 0 Å². The van der Waals surface area contributed by atoms with Gasteiger partial charge in [-0.25, -0.2) is 0 Å². The van der Waals surface area contributed by atoms with E-state index in [9.17, 15) is 0 Å². The Hall–Kier alpha value is -1.84. The van der Waals surface area contributed by atoms with Crippen molar-refractivity contribution in [3.05, 3.63) is 64.2 Å². The molecule has 0 aliphatic rings. The number of methoxy groups -OCH3 is 1. The molecule has 0 radical (unpaired) electrons. The van der Waals surface area contributed by atoms with Crippen LogP contribution in [0.5, 0.6) is 5.75 Å². The molecule has 3 heteroatoms. The second kappa shape index (κ2) is 8.70. The molecule has 0 atom stereocenters. The summed E-state index contributed by atoms with van der Waals surface area (Å²) in [5.74, 6) is 0.897. The zero-order valence-electron chi connectivity index (χ0n) is 14.3. The largest absolute Gasteiger partial charge is 0.467 e. The van der Waals surface area contributed by atoms with Crippen LogP contribution in [0.1, 0.15) is 34.2 Å². The first-order valence-electron chi connectivity index (χ1n) is 8.04. The molecule has 0 unspecified atom stereocenters. The fraction of sp³-hybridized carbons (Fsp3) is 0.400. The standard InChI is InChI=1S/C20H26O3/c1-15-11-16(2)19(20(12-15)23-14-22-3)13-18-8-6-17(7-9-18)5-4-10-21/h6-9,11-12,21H,4-5,10,13-14H2,1-3H3. The lowest BCUT2D eigenvalue weighted by atomic mass is 9.96. The molecule has 2 aromatic rings. The normalized spacial score (nSPS) is 10.8. The second-order valence-corrected chi connectivity index (χ2v) is 5.93. The summed E-state index contributed by atoms with van der Waals surface area (Å²) < 4.78 is 10.8.